The van der Waals surface area contributed by atoms with Gasteiger partial charge in [-0.25, -0.2) is 0 Å². The van der Waals surface area contributed by atoms with Gasteiger partial charge < -0.3 is 5.73 Å². The van der Waals surface area contributed by atoms with E-state index >= 15 is 0 Å². The van der Waals surface area contributed by atoms with Gasteiger partial charge in [-0.2, -0.15) is 15.5 Å². The van der Waals surface area contributed by atoms with E-state index in [1.165, 1.54) is 0 Å². The largest absolute Gasteiger partial charge is 0.382 e. The molecule has 2 aromatic rings. The SMILES string of the molecule is N#C/C(=N\Nc1cccc2c(I)[nH]nc12)C(=N)N. The van der Waals surface area contributed by atoms with Gasteiger partial charge in [0.2, 0.25) is 5.71 Å². The van der Waals surface area contributed by atoms with Crippen LogP contribution in [-0.2, 0) is 0 Å². The normalized spacial score (nSPS) is 11.2. The zero-order valence-electron chi connectivity index (χ0n) is 9.03. The Morgan fingerprint density at radius 2 is 2.39 bits per heavy atom. The van der Waals surface area contributed by atoms with Crippen LogP contribution in [0.25, 0.3) is 10.9 Å². The summed E-state index contributed by atoms with van der Waals surface area (Å²) in [5.41, 5.74) is 9.07. The third kappa shape index (κ3) is 2.25. The van der Waals surface area contributed by atoms with Gasteiger partial charge in [-0.05, 0) is 34.7 Å². The second-order valence-electron chi connectivity index (χ2n) is 3.34. The molecular formula is C10H8IN7. The fraction of sp³-hybridized carbons (Fsp3) is 0. The van der Waals surface area contributed by atoms with Gasteiger partial charge in [-0.15, -0.1) is 0 Å². The minimum Gasteiger partial charge on any atom is -0.382 e. The van der Waals surface area contributed by atoms with E-state index in [9.17, 15) is 0 Å². The van der Waals surface area contributed by atoms with Crippen molar-refractivity contribution in [3.63, 3.8) is 0 Å². The van der Waals surface area contributed by atoms with E-state index < -0.39 is 0 Å². The van der Waals surface area contributed by atoms with Gasteiger partial charge in [0, 0.05) is 5.39 Å². The monoisotopic (exact) mass is 353 g/mol. The number of nitrogens with two attached hydrogens (primary N) is 1. The van der Waals surface area contributed by atoms with Crippen LogP contribution in [0, 0.1) is 20.4 Å². The molecule has 1 heterocycles. The van der Waals surface area contributed by atoms with E-state index in [4.69, 9.17) is 16.4 Å². The van der Waals surface area contributed by atoms with Crippen molar-refractivity contribution in [2.45, 2.75) is 0 Å². The van der Waals surface area contributed by atoms with Crippen molar-refractivity contribution in [3.8, 4) is 6.07 Å². The van der Waals surface area contributed by atoms with Gasteiger partial charge in [0.05, 0.1) is 5.69 Å². The predicted molar refractivity (Wildman–Crippen MR) is 77.4 cm³/mol. The van der Waals surface area contributed by atoms with Crippen LogP contribution < -0.4 is 11.2 Å². The molecule has 5 N–H and O–H groups in total. The molecule has 0 fully saturated rings. The summed E-state index contributed by atoms with van der Waals surface area (Å²) in [6.07, 6.45) is 0. The summed E-state index contributed by atoms with van der Waals surface area (Å²) in [5, 5.41) is 27.6. The summed E-state index contributed by atoms with van der Waals surface area (Å²) >= 11 is 2.14. The van der Waals surface area contributed by atoms with Gasteiger partial charge in [0.15, 0.2) is 5.84 Å². The van der Waals surface area contributed by atoms with Gasteiger partial charge in [-0.3, -0.25) is 15.9 Å². The molecule has 0 aliphatic rings. The number of halogens is 1. The molecule has 1 aromatic carbocycles. The minimum atomic E-state index is -0.381. The summed E-state index contributed by atoms with van der Waals surface area (Å²) < 4.78 is 0.919. The number of hydrogen-bond acceptors (Lipinski definition) is 5. The first-order valence-corrected chi connectivity index (χ1v) is 5.92. The molecule has 0 aliphatic heterocycles. The van der Waals surface area contributed by atoms with Crippen LogP contribution in [0.5, 0.6) is 0 Å². The smallest absolute Gasteiger partial charge is 0.201 e. The number of hydrogen-bond donors (Lipinski definition) is 4. The number of rotatable bonds is 3. The third-order valence-corrected chi connectivity index (χ3v) is 3.01. The number of fused-ring (bicyclic) bond motifs is 1. The van der Waals surface area contributed by atoms with E-state index in [1.54, 1.807) is 12.1 Å². The molecule has 0 unspecified atom stereocenters. The summed E-state index contributed by atoms with van der Waals surface area (Å²) in [7, 11) is 0. The van der Waals surface area contributed by atoms with E-state index in [0.717, 1.165) is 9.09 Å². The molecule has 7 nitrogen and oxygen atoms in total. The Morgan fingerprint density at radius 3 is 3.06 bits per heavy atom. The highest BCUT2D eigenvalue weighted by atomic mass is 127. The molecule has 0 amide bonds. The fourth-order valence-corrected chi connectivity index (χ4v) is 1.91. The van der Waals surface area contributed by atoms with Crippen LogP contribution in [0.2, 0.25) is 0 Å². The summed E-state index contributed by atoms with van der Waals surface area (Å²) in [6, 6.07) is 7.28. The number of H-pyrrole nitrogens is 1. The first-order valence-electron chi connectivity index (χ1n) is 4.84. The minimum absolute atomic E-state index is 0.169. The van der Waals surface area contributed by atoms with Crippen LogP contribution in [0.15, 0.2) is 23.3 Å². The summed E-state index contributed by atoms with van der Waals surface area (Å²) in [5.74, 6) is -0.381. The van der Waals surface area contributed by atoms with E-state index in [0.29, 0.717) is 11.2 Å². The van der Waals surface area contributed by atoms with Crippen LogP contribution in [0.1, 0.15) is 0 Å². The molecule has 90 valence electrons. The highest BCUT2D eigenvalue weighted by molar-refractivity contribution is 14.1. The number of amidine groups is 1. The molecule has 0 radical (unpaired) electrons. The van der Waals surface area contributed by atoms with Crippen molar-refractivity contribution in [2.75, 3.05) is 5.43 Å². The molecule has 0 saturated carbocycles. The maximum atomic E-state index is 8.73. The Bertz CT molecular complexity index is 679. The van der Waals surface area contributed by atoms with Crippen LogP contribution >= 0.6 is 22.6 Å². The molecule has 0 saturated heterocycles. The number of aromatic amines is 1. The first-order chi connectivity index (χ1) is 8.63. The molecule has 8 heteroatoms. The number of aromatic nitrogens is 2. The van der Waals surface area contributed by atoms with Crippen molar-refractivity contribution in [2.24, 2.45) is 10.8 Å². The predicted octanol–water partition coefficient (Wildman–Crippen LogP) is 1.39. The lowest BCUT2D eigenvalue weighted by Gasteiger charge is -2.01. The number of hydrazone groups is 1. The number of anilines is 1. The van der Waals surface area contributed by atoms with E-state index in [2.05, 4.69) is 43.3 Å². The number of nitrogens with zero attached hydrogens (tertiary/aromatic N) is 3. The molecule has 1 aromatic heterocycles. The Hall–Kier alpha value is -2.15. The highest BCUT2D eigenvalue weighted by Gasteiger charge is 2.07. The second-order valence-corrected chi connectivity index (χ2v) is 4.42. The van der Waals surface area contributed by atoms with Crippen LogP contribution in [-0.4, -0.2) is 21.7 Å². The lowest BCUT2D eigenvalue weighted by Crippen LogP contribution is -2.21. The number of para-hydroxylation sites is 1. The zero-order chi connectivity index (χ0) is 13.1. The molecule has 2 rings (SSSR count). The average molecular weight is 353 g/mol. The topological polar surface area (TPSA) is 127 Å². The fourth-order valence-electron chi connectivity index (χ4n) is 1.36. The van der Waals surface area contributed by atoms with Gasteiger partial charge in [0.1, 0.15) is 15.3 Å². The number of nitrogens with one attached hydrogen (secondary N) is 3. The van der Waals surface area contributed by atoms with Crippen molar-refractivity contribution in [1.29, 1.82) is 10.7 Å². The molecule has 0 bridgehead atoms. The second kappa shape index (κ2) is 5.01. The molecular weight excluding hydrogens is 345 g/mol. The average Bonchev–Trinajstić information content (AvgIpc) is 2.73. The Labute approximate surface area is 116 Å². The lowest BCUT2D eigenvalue weighted by molar-refractivity contribution is 1.09. The van der Waals surface area contributed by atoms with E-state index in [1.807, 2.05) is 12.1 Å². The lowest BCUT2D eigenvalue weighted by atomic mass is 10.2. The van der Waals surface area contributed by atoms with Crippen LogP contribution in [0.4, 0.5) is 5.69 Å². The van der Waals surface area contributed by atoms with Crippen LogP contribution in [0.3, 0.4) is 0 Å². The molecule has 0 atom stereocenters. The highest BCUT2D eigenvalue weighted by Crippen LogP contribution is 2.24. The third-order valence-electron chi connectivity index (χ3n) is 2.19. The quantitative estimate of drug-likeness (QED) is 0.288. The number of nitriles is 1. The van der Waals surface area contributed by atoms with Gasteiger partial charge in [0.25, 0.3) is 0 Å². The van der Waals surface area contributed by atoms with Gasteiger partial charge >= 0.3 is 0 Å². The maximum Gasteiger partial charge on any atom is 0.201 e. The summed E-state index contributed by atoms with van der Waals surface area (Å²) in [6.45, 7) is 0. The Balaban J connectivity index is 2.39. The molecule has 0 spiro atoms. The molecule has 18 heavy (non-hydrogen) atoms. The molecule has 0 aliphatic carbocycles. The van der Waals surface area contributed by atoms with Crippen molar-refractivity contribution in [3.05, 3.63) is 21.9 Å². The Kier molecular flexibility index (Phi) is 3.42. The first kappa shape index (κ1) is 12.3. The standard InChI is InChI=1S/C10H8IN7/c11-9-5-2-1-3-6(8(5)17-18-9)15-16-7(4-12)10(13)14/h1-3,15H,(H3,13,14)(H,17,18)/b16-7+. The van der Waals surface area contributed by atoms with E-state index in [-0.39, 0.29) is 11.5 Å². The van der Waals surface area contributed by atoms with Crippen molar-refractivity contribution in [1.82, 2.24) is 10.2 Å². The maximum absolute atomic E-state index is 8.73. The number of benzene rings is 1. The summed E-state index contributed by atoms with van der Waals surface area (Å²) in [4.78, 5) is 0. The Morgan fingerprint density at radius 1 is 1.61 bits per heavy atom. The van der Waals surface area contributed by atoms with Crippen molar-refractivity contribution >= 4 is 50.7 Å². The zero-order valence-corrected chi connectivity index (χ0v) is 11.2. The van der Waals surface area contributed by atoms with Gasteiger partial charge in [-0.1, -0.05) is 6.07 Å². The van der Waals surface area contributed by atoms with Crippen molar-refractivity contribution < 1.29 is 0 Å².